The van der Waals surface area contributed by atoms with Crippen molar-refractivity contribution in [2.24, 2.45) is 7.05 Å². The van der Waals surface area contributed by atoms with Gasteiger partial charge in [-0.1, -0.05) is 13.8 Å². The molecule has 2 rings (SSSR count). The van der Waals surface area contributed by atoms with Gasteiger partial charge in [0, 0.05) is 18.7 Å². The zero-order valence-corrected chi connectivity index (χ0v) is 10.9. The normalized spacial score (nSPS) is 11.7. The summed E-state index contributed by atoms with van der Waals surface area (Å²) in [5, 5.41) is 0. The fourth-order valence-electron chi connectivity index (χ4n) is 2.27. The summed E-state index contributed by atoms with van der Waals surface area (Å²) in [6.07, 6.45) is 0. The van der Waals surface area contributed by atoms with Gasteiger partial charge in [0.05, 0.1) is 16.7 Å². The molecule has 0 saturated heterocycles. The number of aromatic nitrogens is 3. The zero-order chi connectivity index (χ0) is 12.0. The SMILES string of the molecule is Cc1nc(C)c2c(nc(C(C)C)n2C)c1C. The van der Waals surface area contributed by atoms with Crippen LogP contribution < -0.4 is 0 Å². The predicted octanol–water partition coefficient (Wildman–Crippen LogP) is 3.02. The third-order valence-electron chi connectivity index (χ3n) is 3.22. The summed E-state index contributed by atoms with van der Waals surface area (Å²) in [6, 6.07) is 0. The fraction of sp³-hybridized carbons (Fsp3) is 0.538. The van der Waals surface area contributed by atoms with E-state index in [1.807, 2.05) is 6.92 Å². The molecular weight excluding hydrogens is 198 g/mol. The number of rotatable bonds is 1. The Morgan fingerprint density at radius 2 is 1.62 bits per heavy atom. The Hall–Kier alpha value is -1.38. The van der Waals surface area contributed by atoms with Crippen molar-refractivity contribution in [2.45, 2.75) is 40.5 Å². The molecule has 2 aromatic heterocycles. The van der Waals surface area contributed by atoms with E-state index in [2.05, 4.69) is 44.3 Å². The van der Waals surface area contributed by atoms with Gasteiger partial charge >= 0.3 is 0 Å². The van der Waals surface area contributed by atoms with Gasteiger partial charge < -0.3 is 4.57 Å². The Morgan fingerprint density at radius 3 is 2.19 bits per heavy atom. The molecule has 0 aliphatic heterocycles. The highest BCUT2D eigenvalue weighted by Crippen LogP contribution is 2.25. The Morgan fingerprint density at radius 1 is 1.00 bits per heavy atom. The minimum atomic E-state index is 0.441. The Kier molecular flexibility index (Phi) is 2.49. The van der Waals surface area contributed by atoms with Crippen LogP contribution >= 0.6 is 0 Å². The van der Waals surface area contributed by atoms with Crippen molar-refractivity contribution in [3.8, 4) is 0 Å². The van der Waals surface area contributed by atoms with Crippen molar-refractivity contribution in [3.63, 3.8) is 0 Å². The van der Waals surface area contributed by atoms with Gasteiger partial charge in [-0.15, -0.1) is 0 Å². The Bertz CT molecular complexity index is 550. The molecule has 0 unspecified atom stereocenters. The van der Waals surface area contributed by atoms with Crippen LogP contribution in [0.15, 0.2) is 0 Å². The summed E-state index contributed by atoms with van der Waals surface area (Å²) in [5.41, 5.74) is 5.63. The van der Waals surface area contributed by atoms with Gasteiger partial charge in [0.1, 0.15) is 5.82 Å². The number of imidazole rings is 1. The first-order valence-electron chi connectivity index (χ1n) is 5.73. The first-order valence-corrected chi connectivity index (χ1v) is 5.73. The molecule has 0 atom stereocenters. The molecule has 0 bridgehead atoms. The molecule has 0 amide bonds. The molecule has 0 aromatic carbocycles. The molecule has 3 nitrogen and oxygen atoms in total. The standard InChI is InChI=1S/C13H19N3/c1-7(2)13-15-11-8(3)9(4)14-10(5)12(11)16(13)6/h7H,1-6H3. The molecule has 0 radical (unpaired) electrons. The van der Waals surface area contributed by atoms with Crippen LogP contribution in [0.2, 0.25) is 0 Å². The van der Waals surface area contributed by atoms with E-state index in [9.17, 15) is 0 Å². The van der Waals surface area contributed by atoms with Crippen LogP contribution in [0.25, 0.3) is 11.0 Å². The zero-order valence-electron chi connectivity index (χ0n) is 10.9. The Balaban J connectivity index is 2.91. The summed E-state index contributed by atoms with van der Waals surface area (Å²) < 4.78 is 2.18. The predicted molar refractivity (Wildman–Crippen MR) is 66.8 cm³/mol. The minimum Gasteiger partial charge on any atom is -0.329 e. The first-order chi connectivity index (χ1) is 7.43. The second-order valence-electron chi connectivity index (χ2n) is 4.79. The van der Waals surface area contributed by atoms with E-state index >= 15 is 0 Å². The van der Waals surface area contributed by atoms with Crippen molar-refractivity contribution < 1.29 is 0 Å². The molecule has 2 heterocycles. The van der Waals surface area contributed by atoms with E-state index in [4.69, 9.17) is 4.98 Å². The third kappa shape index (κ3) is 1.42. The van der Waals surface area contributed by atoms with Crippen LogP contribution in [0.4, 0.5) is 0 Å². The van der Waals surface area contributed by atoms with E-state index in [0.29, 0.717) is 5.92 Å². The van der Waals surface area contributed by atoms with Crippen LogP contribution in [0.3, 0.4) is 0 Å². The summed E-state index contributed by atoms with van der Waals surface area (Å²) in [6.45, 7) is 10.5. The highest BCUT2D eigenvalue weighted by Gasteiger charge is 2.16. The maximum absolute atomic E-state index is 4.76. The maximum Gasteiger partial charge on any atom is 0.112 e. The van der Waals surface area contributed by atoms with Gasteiger partial charge in [0.25, 0.3) is 0 Å². The van der Waals surface area contributed by atoms with Gasteiger partial charge in [-0.05, 0) is 26.3 Å². The molecule has 3 heteroatoms. The van der Waals surface area contributed by atoms with E-state index < -0.39 is 0 Å². The maximum atomic E-state index is 4.76. The molecular formula is C13H19N3. The van der Waals surface area contributed by atoms with Crippen LogP contribution in [-0.4, -0.2) is 14.5 Å². The summed E-state index contributed by atoms with van der Waals surface area (Å²) in [4.78, 5) is 9.33. The number of hydrogen-bond acceptors (Lipinski definition) is 2. The quantitative estimate of drug-likeness (QED) is 0.735. The number of nitrogens with zero attached hydrogens (tertiary/aromatic N) is 3. The van der Waals surface area contributed by atoms with Gasteiger partial charge in [-0.2, -0.15) is 0 Å². The summed E-state index contributed by atoms with van der Waals surface area (Å²) in [7, 11) is 2.08. The van der Waals surface area contributed by atoms with Crippen molar-refractivity contribution in [1.29, 1.82) is 0 Å². The molecule has 0 fully saturated rings. The van der Waals surface area contributed by atoms with E-state index in [1.165, 1.54) is 11.1 Å². The van der Waals surface area contributed by atoms with Crippen molar-refractivity contribution >= 4 is 11.0 Å². The van der Waals surface area contributed by atoms with E-state index in [-0.39, 0.29) is 0 Å². The van der Waals surface area contributed by atoms with Crippen molar-refractivity contribution in [2.75, 3.05) is 0 Å². The topological polar surface area (TPSA) is 30.7 Å². The van der Waals surface area contributed by atoms with Crippen LogP contribution in [0, 0.1) is 20.8 Å². The number of pyridine rings is 1. The Labute approximate surface area is 96.5 Å². The lowest BCUT2D eigenvalue weighted by Gasteiger charge is -2.06. The second-order valence-corrected chi connectivity index (χ2v) is 4.79. The molecule has 0 aliphatic carbocycles. The molecule has 0 N–H and O–H groups in total. The average molecular weight is 217 g/mol. The molecule has 86 valence electrons. The largest absolute Gasteiger partial charge is 0.329 e. The monoisotopic (exact) mass is 217 g/mol. The number of aryl methyl sites for hydroxylation is 4. The lowest BCUT2D eigenvalue weighted by atomic mass is 10.1. The average Bonchev–Trinajstić information content (AvgIpc) is 2.53. The van der Waals surface area contributed by atoms with Crippen LogP contribution in [0.5, 0.6) is 0 Å². The minimum absolute atomic E-state index is 0.441. The van der Waals surface area contributed by atoms with Crippen LogP contribution in [-0.2, 0) is 7.05 Å². The molecule has 16 heavy (non-hydrogen) atoms. The molecule has 0 spiro atoms. The van der Waals surface area contributed by atoms with Gasteiger partial charge in [-0.3, -0.25) is 4.98 Å². The van der Waals surface area contributed by atoms with E-state index in [0.717, 1.165) is 22.7 Å². The molecule has 0 aliphatic rings. The molecule has 2 aromatic rings. The van der Waals surface area contributed by atoms with E-state index in [1.54, 1.807) is 0 Å². The summed E-state index contributed by atoms with van der Waals surface area (Å²) in [5.74, 6) is 1.57. The van der Waals surface area contributed by atoms with Crippen molar-refractivity contribution in [3.05, 3.63) is 22.8 Å². The fourth-order valence-corrected chi connectivity index (χ4v) is 2.27. The summed E-state index contributed by atoms with van der Waals surface area (Å²) >= 11 is 0. The van der Waals surface area contributed by atoms with Gasteiger partial charge in [0.15, 0.2) is 0 Å². The van der Waals surface area contributed by atoms with Gasteiger partial charge in [0.2, 0.25) is 0 Å². The third-order valence-corrected chi connectivity index (χ3v) is 3.22. The van der Waals surface area contributed by atoms with Crippen molar-refractivity contribution in [1.82, 2.24) is 14.5 Å². The first kappa shape index (κ1) is 11.1. The number of fused-ring (bicyclic) bond motifs is 1. The molecule has 0 saturated carbocycles. The van der Waals surface area contributed by atoms with Gasteiger partial charge in [-0.25, -0.2) is 4.98 Å². The van der Waals surface area contributed by atoms with Crippen LogP contribution in [0.1, 0.15) is 42.5 Å². The lowest BCUT2D eigenvalue weighted by molar-refractivity contribution is 0.721. The smallest absolute Gasteiger partial charge is 0.112 e. The second kappa shape index (κ2) is 3.58. The highest BCUT2D eigenvalue weighted by molar-refractivity contribution is 5.82. The lowest BCUT2D eigenvalue weighted by Crippen LogP contribution is -2.01. The number of hydrogen-bond donors (Lipinski definition) is 0. The highest BCUT2D eigenvalue weighted by atomic mass is 15.1.